The Morgan fingerprint density at radius 2 is 2.17 bits per heavy atom. The van der Waals surface area contributed by atoms with E-state index in [4.69, 9.17) is 4.74 Å². The Hall–Kier alpha value is -3.23. The second kappa shape index (κ2) is 6.98. The Balaban J connectivity index is 1.68. The van der Waals surface area contributed by atoms with E-state index < -0.39 is 10.3 Å². The summed E-state index contributed by atoms with van der Waals surface area (Å²) >= 11 is 0. The van der Waals surface area contributed by atoms with Crippen molar-refractivity contribution >= 4 is 23.1 Å². The number of nitrogens with zero attached hydrogens (tertiary/aromatic N) is 4. The number of ether oxygens (including phenoxy) is 1. The van der Waals surface area contributed by atoms with Crippen LogP contribution in [0.2, 0.25) is 0 Å². The molecule has 9 nitrogen and oxygen atoms in total. The van der Waals surface area contributed by atoms with Crippen molar-refractivity contribution in [2.45, 2.75) is 19.3 Å². The largest absolute Gasteiger partial charge is 0.469 e. The number of nitro benzene ring substituents is 1. The van der Waals surface area contributed by atoms with Crippen molar-refractivity contribution in [2.75, 3.05) is 25.1 Å². The SMILES string of the molecule is COC(=O)C12CCCC1CN(c1ccc(C(=O)c3nccn3C)cc1[N+](=O)[O-])C2. The minimum atomic E-state index is -0.607. The van der Waals surface area contributed by atoms with Gasteiger partial charge in [0.05, 0.1) is 17.4 Å². The highest BCUT2D eigenvalue weighted by Crippen LogP contribution is 2.51. The number of aryl methyl sites for hydroxylation is 1. The summed E-state index contributed by atoms with van der Waals surface area (Å²) < 4.78 is 6.62. The molecule has 0 spiro atoms. The minimum absolute atomic E-state index is 0.114. The molecule has 0 amide bonds. The summed E-state index contributed by atoms with van der Waals surface area (Å²) in [6.07, 6.45) is 5.73. The molecule has 1 saturated heterocycles. The number of nitro groups is 1. The van der Waals surface area contributed by atoms with Gasteiger partial charge in [-0.3, -0.25) is 19.7 Å². The number of carbonyl (C=O) groups excluding carboxylic acids is 2. The summed E-state index contributed by atoms with van der Waals surface area (Å²) in [6.45, 7) is 0.945. The average Bonchev–Trinajstić information content (AvgIpc) is 3.40. The maximum absolute atomic E-state index is 12.7. The highest BCUT2D eigenvalue weighted by molar-refractivity contribution is 6.07. The van der Waals surface area contributed by atoms with Crippen molar-refractivity contribution in [3.05, 3.63) is 52.1 Å². The van der Waals surface area contributed by atoms with E-state index in [2.05, 4.69) is 4.98 Å². The summed E-state index contributed by atoms with van der Waals surface area (Å²) in [4.78, 5) is 42.4. The van der Waals surface area contributed by atoms with Gasteiger partial charge in [-0.05, 0) is 30.9 Å². The fourth-order valence-corrected chi connectivity index (χ4v) is 4.80. The zero-order valence-electron chi connectivity index (χ0n) is 16.3. The molecule has 2 aromatic rings. The molecule has 1 saturated carbocycles. The number of anilines is 1. The van der Waals surface area contributed by atoms with Crippen LogP contribution in [-0.2, 0) is 16.6 Å². The van der Waals surface area contributed by atoms with Crippen LogP contribution in [0.25, 0.3) is 0 Å². The van der Waals surface area contributed by atoms with Gasteiger partial charge >= 0.3 is 5.97 Å². The number of hydrogen-bond acceptors (Lipinski definition) is 7. The highest BCUT2D eigenvalue weighted by Gasteiger charge is 2.56. The van der Waals surface area contributed by atoms with Gasteiger partial charge in [-0.15, -0.1) is 0 Å². The van der Waals surface area contributed by atoms with E-state index in [0.29, 0.717) is 18.8 Å². The maximum atomic E-state index is 12.7. The molecule has 2 heterocycles. The zero-order chi connectivity index (χ0) is 20.8. The molecular weight excluding hydrogens is 376 g/mol. The van der Waals surface area contributed by atoms with Gasteiger partial charge in [0.1, 0.15) is 5.69 Å². The lowest BCUT2D eigenvalue weighted by Gasteiger charge is -2.25. The van der Waals surface area contributed by atoms with Crippen LogP contribution in [0.5, 0.6) is 0 Å². The van der Waals surface area contributed by atoms with E-state index in [1.807, 2.05) is 4.90 Å². The van der Waals surface area contributed by atoms with Crippen molar-refractivity contribution < 1.29 is 19.2 Å². The monoisotopic (exact) mass is 398 g/mol. The summed E-state index contributed by atoms with van der Waals surface area (Å²) in [7, 11) is 3.08. The lowest BCUT2D eigenvalue weighted by atomic mass is 9.81. The summed E-state index contributed by atoms with van der Waals surface area (Å²) in [5.74, 6) is -0.293. The van der Waals surface area contributed by atoms with Crippen LogP contribution in [-0.4, -0.2) is 46.4 Å². The number of imidazole rings is 1. The Morgan fingerprint density at radius 3 is 2.83 bits per heavy atom. The molecule has 0 radical (unpaired) electrons. The van der Waals surface area contributed by atoms with Crippen LogP contribution in [0.15, 0.2) is 30.6 Å². The molecule has 2 unspecified atom stereocenters. The normalized spacial score (nSPS) is 23.1. The first-order chi connectivity index (χ1) is 13.9. The fourth-order valence-electron chi connectivity index (χ4n) is 4.80. The molecule has 9 heteroatoms. The van der Waals surface area contributed by atoms with E-state index in [0.717, 1.165) is 19.3 Å². The standard InChI is InChI=1S/C20H22N4O5/c1-22-9-8-21-18(22)17(25)13-5-6-15(16(10-13)24(27)28)23-11-14-4-3-7-20(14,12-23)19(26)29-2/h5-6,8-10,14H,3-4,7,11-12H2,1-2H3. The van der Waals surface area contributed by atoms with Crippen molar-refractivity contribution in [2.24, 2.45) is 18.4 Å². The zero-order valence-corrected chi connectivity index (χ0v) is 16.3. The van der Waals surface area contributed by atoms with Gasteiger partial charge in [0.15, 0.2) is 5.82 Å². The topological polar surface area (TPSA) is 108 Å². The van der Waals surface area contributed by atoms with Gasteiger partial charge in [0.25, 0.3) is 5.69 Å². The molecule has 1 aliphatic carbocycles. The summed E-state index contributed by atoms with van der Waals surface area (Å²) in [5.41, 5.74) is -0.129. The van der Waals surface area contributed by atoms with Gasteiger partial charge in [0.2, 0.25) is 5.78 Å². The number of hydrogen-bond donors (Lipinski definition) is 0. The van der Waals surface area contributed by atoms with Crippen molar-refractivity contribution in [3.63, 3.8) is 0 Å². The third-order valence-corrected chi connectivity index (χ3v) is 6.26. The van der Waals surface area contributed by atoms with Crippen molar-refractivity contribution in [1.82, 2.24) is 9.55 Å². The van der Waals surface area contributed by atoms with Crippen LogP contribution < -0.4 is 4.90 Å². The van der Waals surface area contributed by atoms with Crippen LogP contribution in [0, 0.1) is 21.4 Å². The first-order valence-corrected chi connectivity index (χ1v) is 9.51. The molecule has 1 aromatic carbocycles. The van der Waals surface area contributed by atoms with Gasteiger partial charge in [-0.2, -0.15) is 0 Å². The quantitative estimate of drug-likeness (QED) is 0.329. The number of benzene rings is 1. The average molecular weight is 398 g/mol. The molecule has 1 aromatic heterocycles. The van der Waals surface area contributed by atoms with E-state index in [1.54, 1.807) is 29.9 Å². The molecule has 2 aliphatic rings. The third-order valence-electron chi connectivity index (χ3n) is 6.26. The lowest BCUT2D eigenvalue weighted by molar-refractivity contribution is -0.384. The summed E-state index contributed by atoms with van der Waals surface area (Å²) in [5, 5.41) is 11.8. The second-order valence-electron chi connectivity index (χ2n) is 7.77. The molecule has 152 valence electrons. The van der Waals surface area contributed by atoms with Gasteiger partial charge < -0.3 is 14.2 Å². The van der Waals surface area contributed by atoms with E-state index >= 15 is 0 Å². The Bertz CT molecular complexity index is 1000. The third kappa shape index (κ3) is 2.97. The number of fused-ring (bicyclic) bond motifs is 1. The van der Waals surface area contributed by atoms with Crippen molar-refractivity contribution in [3.8, 4) is 0 Å². The lowest BCUT2D eigenvalue weighted by Crippen LogP contribution is -2.37. The van der Waals surface area contributed by atoms with Crippen LogP contribution >= 0.6 is 0 Å². The molecule has 2 atom stereocenters. The Kier molecular flexibility index (Phi) is 4.60. The smallest absolute Gasteiger partial charge is 0.313 e. The Labute approximate surface area is 167 Å². The molecule has 0 N–H and O–H groups in total. The molecule has 29 heavy (non-hydrogen) atoms. The first kappa shape index (κ1) is 19.1. The molecular formula is C20H22N4O5. The van der Waals surface area contributed by atoms with E-state index in [9.17, 15) is 19.7 Å². The summed E-state index contributed by atoms with van der Waals surface area (Å²) in [6, 6.07) is 4.48. The molecule has 2 fully saturated rings. The number of carbonyl (C=O) groups is 2. The number of aromatic nitrogens is 2. The second-order valence-corrected chi connectivity index (χ2v) is 7.77. The van der Waals surface area contributed by atoms with Crippen LogP contribution in [0.4, 0.5) is 11.4 Å². The molecule has 0 bridgehead atoms. The van der Waals surface area contributed by atoms with E-state index in [1.165, 1.54) is 19.4 Å². The molecule has 4 rings (SSSR count). The maximum Gasteiger partial charge on any atom is 0.313 e. The molecule has 1 aliphatic heterocycles. The van der Waals surface area contributed by atoms with Gasteiger partial charge in [0, 0.05) is 44.2 Å². The number of esters is 1. The minimum Gasteiger partial charge on any atom is -0.469 e. The van der Waals surface area contributed by atoms with Crippen LogP contribution in [0.3, 0.4) is 0 Å². The van der Waals surface area contributed by atoms with Gasteiger partial charge in [-0.1, -0.05) is 6.42 Å². The first-order valence-electron chi connectivity index (χ1n) is 9.51. The van der Waals surface area contributed by atoms with E-state index in [-0.39, 0.29) is 34.7 Å². The van der Waals surface area contributed by atoms with Crippen LogP contribution in [0.1, 0.15) is 35.4 Å². The predicted octanol–water partition coefficient (Wildman–Crippen LogP) is 2.34. The van der Waals surface area contributed by atoms with Gasteiger partial charge in [-0.25, -0.2) is 4.98 Å². The number of ketones is 1. The predicted molar refractivity (Wildman–Crippen MR) is 104 cm³/mol. The Morgan fingerprint density at radius 1 is 1.38 bits per heavy atom. The highest BCUT2D eigenvalue weighted by atomic mass is 16.6. The fraction of sp³-hybridized carbons (Fsp3) is 0.450. The number of methoxy groups -OCH3 is 1. The van der Waals surface area contributed by atoms with Crippen molar-refractivity contribution in [1.29, 1.82) is 0 Å². The number of rotatable bonds is 5.